The first-order chi connectivity index (χ1) is 9.56. The average Bonchev–Trinajstić information content (AvgIpc) is 2.77. The van der Waals surface area contributed by atoms with Crippen LogP contribution in [0.5, 0.6) is 0 Å². The van der Waals surface area contributed by atoms with Gasteiger partial charge in [0.1, 0.15) is 5.82 Å². The first kappa shape index (κ1) is 14.5. The van der Waals surface area contributed by atoms with Gasteiger partial charge in [0.25, 0.3) is 5.56 Å². The van der Waals surface area contributed by atoms with Crippen molar-refractivity contribution in [3.63, 3.8) is 0 Å². The van der Waals surface area contributed by atoms with Gasteiger partial charge in [0.05, 0.1) is 0 Å². The van der Waals surface area contributed by atoms with Crippen LogP contribution < -0.4 is 17.0 Å². The molecule has 0 radical (unpaired) electrons. The van der Waals surface area contributed by atoms with Gasteiger partial charge in [-0.05, 0) is 13.3 Å². The van der Waals surface area contributed by atoms with Crippen LogP contribution in [-0.2, 0) is 26.6 Å². The molecular weight excluding hydrogens is 258 g/mol. The lowest BCUT2D eigenvalue weighted by molar-refractivity contribution is 0.643. The van der Waals surface area contributed by atoms with Crippen LogP contribution in [0.25, 0.3) is 11.2 Å². The molecule has 2 aromatic rings. The van der Waals surface area contributed by atoms with Crippen LogP contribution in [0.15, 0.2) is 9.59 Å². The summed E-state index contributed by atoms with van der Waals surface area (Å²) in [4.78, 5) is 29.0. The number of nitrogens with zero attached hydrogens (tertiary/aromatic N) is 4. The molecule has 7 nitrogen and oxygen atoms in total. The van der Waals surface area contributed by atoms with Gasteiger partial charge in [-0.1, -0.05) is 6.92 Å². The van der Waals surface area contributed by atoms with E-state index in [9.17, 15) is 9.59 Å². The molecule has 0 saturated heterocycles. The molecule has 0 aromatic carbocycles. The van der Waals surface area contributed by atoms with Crippen LogP contribution in [0.3, 0.4) is 0 Å². The van der Waals surface area contributed by atoms with Crippen molar-refractivity contribution in [2.24, 2.45) is 12.8 Å². The zero-order valence-electron chi connectivity index (χ0n) is 12.2. The van der Waals surface area contributed by atoms with E-state index in [1.807, 2.05) is 11.5 Å². The number of hydrogen-bond donors (Lipinski definition) is 1. The van der Waals surface area contributed by atoms with Gasteiger partial charge in [-0.3, -0.25) is 13.9 Å². The van der Waals surface area contributed by atoms with Crippen LogP contribution in [0.1, 0.15) is 26.1 Å². The number of fused-ring (bicyclic) bond motifs is 1. The fraction of sp³-hybridized carbons (Fsp3) is 0.615. The number of aromatic nitrogens is 4. The third kappa shape index (κ3) is 2.07. The molecule has 0 atom stereocenters. The molecule has 0 amide bonds. The molecule has 7 heteroatoms. The molecule has 0 unspecified atom stereocenters. The van der Waals surface area contributed by atoms with E-state index in [-0.39, 0.29) is 11.2 Å². The lowest BCUT2D eigenvalue weighted by atomic mass is 10.3. The summed E-state index contributed by atoms with van der Waals surface area (Å²) < 4.78 is 4.52. The van der Waals surface area contributed by atoms with E-state index < -0.39 is 0 Å². The highest BCUT2D eigenvalue weighted by atomic mass is 16.2. The van der Waals surface area contributed by atoms with E-state index in [1.165, 1.54) is 11.6 Å². The molecule has 0 saturated carbocycles. The molecule has 0 spiro atoms. The molecule has 0 aliphatic carbocycles. The van der Waals surface area contributed by atoms with E-state index in [2.05, 4.69) is 11.9 Å². The van der Waals surface area contributed by atoms with Gasteiger partial charge in [0.15, 0.2) is 11.2 Å². The number of nitrogens with two attached hydrogens (primary N) is 1. The van der Waals surface area contributed by atoms with Crippen molar-refractivity contribution < 1.29 is 0 Å². The molecule has 2 aromatic heterocycles. The standard InChI is InChI=1S/C13H21N5O2/c1-4-6-9-15-11-10(18(9)8-7-14)12(19)16(3)13(20)17(11)5-2/h4-8,14H2,1-3H3. The number of rotatable bonds is 5. The summed E-state index contributed by atoms with van der Waals surface area (Å²) in [6.07, 6.45) is 1.68. The summed E-state index contributed by atoms with van der Waals surface area (Å²) in [5.74, 6) is 0.817. The number of hydrogen-bond acceptors (Lipinski definition) is 4. The lowest BCUT2D eigenvalue weighted by Gasteiger charge is -2.08. The van der Waals surface area contributed by atoms with Crippen molar-refractivity contribution in [2.45, 2.75) is 39.8 Å². The summed E-state index contributed by atoms with van der Waals surface area (Å²) in [5, 5.41) is 0. The SMILES string of the molecule is CCCc1nc2c(c(=O)n(C)c(=O)n2CC)n1CCN. The molecule has 2 heterocycles. The predicted molar refractivity (Wildman–Crippen MR) is 78.0 cm³/mol. The van der Waals surface area contributed by atoms with Crippen LogP contribution in [-0.4, -0.2) is 25.2 Å². The second-order valence-electron chi connectivity index (χ2n) is 4.78. The van der Waals surface area contributed by atoms with Crippen LogP contribution in [0, 0.1) is 0 Å². The molecule has 2 rings (SSSR count). The van der Waals surface area contributed by atoms with Crippen molar-refractivity contribution in [3.05, 3.63) is 26.7 Å². The fourth-order valence-corrected chi connectivity index (χ4v) is 2.47. The maximum absolute atomic E-state index is 12.4. The van der Waals surface area contributed by atoms with Gasteiger partial charge in [-0.25, -0.2) is 9.78 Å². The Bertz CT molecular complexity index is 738. The second kappa shape index (κ2) is 5.62. The zero-order chi connectivity index (χ0) is 14.9. The third-order valence-corrected chi connectivity index (χ3v) is 3.45. The van der Waals surface area contributed by atoms with E-state index in [4.69, 9.17) is 5.73 Å². The van der Waals surface area contributed by atoms with Gasteiger partial charge < -0.3 is 10.3 Å². The average molecular weight is 279 g/mol. The van der Waals surface area contributed by atoms with E-state index in [0.29, 0.717) is 30.8 Å². The lowest BCUT2D eigenvalue weighted by Crippen LogP contribution is -2.38. The van der Waals surface area contributed by atoms with Crippen molar-refractivity contribution in [1.82, 2.24) is 18.7 Å². The minimum atomic E-state index is -0.328. The first-order valence-electron chi connectivity index (χ1n) is 6.95. The Hall–Kier alpha value is -1.89. The Kier molecular flexibility index (Phi) is 4.08. The van der Waals surface area contributed by atoms with E-state index in [1.54, 1.807) is 0 Å². The van der Waals surface area contributed by atoms with Crippen LogP contribution in [0.4, 0.5) is 0 Å². The van der Waals surface area contributed by atoms with Gasteiger partial charge in [0, 0.05) is 33.1 Å². The summed E-state index contributed by atoms with van der Waals surface area (Å²) in [7, 11) is 1.50. The van der Waals surface area contributed by atoms with Crippen molar-refractivity contribution in [2.75, 3.05) is 6.54 Å². The highest BCUT2D eigenvalue weighted by Crippen LogP contribution is 2.13. The molecule has 0 aliphatic heterocycles. The third-order valence-electron chi connectivity index (χ3n) is 3.45. The molecule has 110 valence electrons. The number of imidazole rings is 1. The second-order valence-corrected chi connectivity index (χ2v) is 4.78. The van der Waals surface area contributed by atoms with E-state index >= 15 is 0 Å². The highest BCUT2D eigenvalue weighted by Gasteiger charge is 2.18. The minimum Gasteiger partial charge on any atom is -0.329 e. The van der Waals surface area contributed by atoms with E-state index in [0.717, 1.165) is 23.2 Å². The first-order valence-corrected chi connectivity index (χ1v) is 6.95. The largest absolute Gasteiger partial charge is 0.332 e. The van der Waals surface area contributed by atoms with Crippen molar-refractivity contribution in [1.29, 1.82) is 0 Å². The van der Waals surface area contributed by atoms with Crippen LogP contribution in [0.2, 0.25) is 0 Å². The van der Waals surface area contributed by atoms with Gasteiger partial charge in [-0.2, -0.15) is 0 Å². The van der Waals surface area contributed by atoms with Crippen molar-refractivity contribution >= 4 is 11.2 Å². The number of aryl methyl sites for hydroxylation is 2. The summed E-state index contributed by atoms with van der Waals surface area (Å²) in [5.41, 5.74) is 5.95. The Morgan fingerprint density at radius 3 is 2.45 bits per heavy atom. The molecule has 20 heavy (non-hydrogen) atoms. The zero-order valence-corrected chi connectivity index (χ0v) is 12.2. The summed E-state index contributed by atoms with van der Waals surface area (Å²) >= 11 is 0. The molecule has 0 aliphatic rings. The molecular formula is C13H21N5O2. The fourth-order valence-electron chi connectivity index (χ4n) is 2.47. The maximum atomic E-state index is 12.4. The van der Waals surface area contributed by atoms with Crippen LogP contribution >= 0.6 is 0 Å². The molecule has 0 bridgehead atoms. The summed E-state index contributed by atoms with van der Waals surface area (Å²) in [6, 6.07) is 0. The monoisotopic (exact) mass is 279 g/mol. The topological polar surface area (TPSA) is 87.8 Å². The quantitative estimate of drug-likeness (QED) is 0.823. The maximum Gasteiger partial charge on any atom is 0.332 e. The highest BCUT2D eigenvalue weighted by molar-refractivity contribution is 5.71. The van der Waals surface area contributed by atoms with Gasteiger partial charge >= 0.3 is 5.69 Å². The molecule has 2 N–H and O–H groups in total. The molecule has 0 fully saturated rings. The summed E-state index contributed by atoms with van der Waals surface area (Å²) in [6.45, 7) is 5.36. The van der Waals surface area contributed by atoms with Gasteiger partial charge in [-0.15, -0.1) is 0 Å². The Labute approximate surface area is 116 Å². The van der Waals surface area contributed by atoms with Crippen molar-refractivity contribution in [3.8, 4) is 0 Å². The minimum absolute atomic E-state index is 0.307. The Balaban J connectivity index is 2.93. The Morgan fingerprint density at radius 1 is 1.20 bits per heavy atom. The smallest absolute Gasteiger partial charge is 0.329 e. The predicted octanol–water partition coefficient (Wildman–Crippen LogP) is -0.172. The normalized spacial score (nSPS) is 11.4. The Morgan fingerprint density at radius 2 is 1.90 bits per heavy atom. The van der Waals surface area contributed by atoms with Gasteiger partial charge in [0.2, 0.25) is 0 Å².